The number of aromatic amines is 2. The molecule has 5 aromatic rings. The van der Waals surface area contributed by atoms with Crippen LogP contribution in [0.15, 0.2) is 110 Å². The molecule has 0 bridgehead atoms. The van der Waals surface area contributed by atoms with E-state index in [9.17, 15) is 77.6 Å². The Morgan fingerprint density at radius 3 is 1.22 bits per heavy atom. The molecule has 21 N–H and O–H groups in total. The summed E-state index contributed by atoms with van der Waals surface area (Å²) in [6, 6.07) is 7.35. The maximum absolute atomic E-state index is 14.8. The third-order valence-corrected chi connectivity index (χ3v) is 16.8. The van der Waals surface area contributed by atoms with Gasteiger partial charge in [0.05, 0.1) is 18.7 Å². The molecule has 104 heavy (non-hydrogen) atoms. The summed E-state index contributed by atoms with van der Waals surface area (Å²) in [7, 11) is 0. The number of H-pyrrole nitrogens is 2. The van der Waals surface area contributed by atoms with Gasteiger partial charge in [0.15, 0.2) is 0 Å². The summed E-state index contributed by atoms with van der Waals surface area (Å²) in [5.74, 6) is -14.1. The molecule has 0 aliphatic heterocycles. The molecular weight excluding hydrogens is 1350 g/mol. The summed E-state index contributed by atoms with van der Waals surface area (Å²) in [6.45, 7) is 10.2. The van der Waals surface area contributed by atoms with Gasteiger partial charge in [0.2, 0.25) is 65.0 Å². The zero-order chi connectivity index (χ0) is 76.6. The highest BCUT2D eigenvalue weighted by Crippen LogP contribution is 2.16. The van der Waals surface area contributed by atoms with Gasteiger partial charge in [-0.05, 0) is 98.1 Å². The average molecular weight is 1450 g/mol. The van der Waals surface area contributed by atoms with Crippen LogP contribution in [0.4, 0.5) is 0 Å². The van der Waals surface area contributed by atoms with Crippen LogP contribution in [0.5, 0.6) is 5.75 Å². The number of nitrogens with zero attached hydrogens (tertiary/aromatic N) is 2. The molecule has 0 saturated carbocycles. The first-order valence-electron chi connectivity index (χ1n) is 34.4. The summed E-state index contributed by atoms with van der Waals surface area (Å²) in [4.78, 5) is 194. The van der Waals surface area contributed by atoms with Crippen molar-refractivity contribution in [1.29, 1.82) is 0 Å². The number of carbonyl (C=O) groups excluding carboxylic acids is 11. The number of imidazole rings is 2. The number of nitrogens with one attached hydrogen (secondary N) is 12. The van der Waals surface area contributed by atoms with Crippen LogP contribution in [0.3, 0.4) is 0 Å². The van der Waals surface area contributed by atoms with E-state index in [1.54, 1.807) is 114 Å². The third kappa shape index (κ3) is 28.7. The summed E-state index contributed by atoms with van der Waals surface area (Å²) >= 11 is 0. The number of aliphatic carboxylic acids is 2. The van der Waals surface area contributed by atoms with E-state index >= 15 is 0 Å². The number of aromatic hydroxyl groups is 1. The minimum Gasteiger partial charge on any atom is -0.508 e. The number of hydrogen-bond donors (Lipinski definition) is 18. The smallest absolute Gasteiger partial charge is 0.326 e. The van der Waals surface area contributed by atoms with Gasteiger partial charge in [-0.25, -0.2) is 14.8 Å². The van der Waals surface area contributed by atoms with Crippen molar-refractivity contribution in [1.82, 2.24) is 73.1 Å². The van der Waals surface area contributed by atoms with Gasteiger partial charge in [0.25, 0.3) is 0 Å². The Bertz CT molecular complexity index is 3640. The van der Waals surface area contributed by atoms with Gasteiger partial charge in [-0.15, -0.1) is 0 Å². The molecule has 11 amide bonds. The molecule has 564 valence electrons. The first-order chi connectivity index (χ1) is 49.4. The quantitative estimate of drug-likeness (QED) is 0.0213. The molecule has 33 nitrogen and oxygen atoms in total. The zero-order valence-corrected chi connectivity index (χ0v) is 59.2. The molecular formula is C71H99N17O16. The van der Waals surface area contributed by atoms with Crippen molar-refractivity contribution in [2.45, 2.75) is 191 Å². The van der Waals surface area contributed by atoms with Crippen molar-refractivity contribution in [2.24, 2.45) is 35.0 Å². The highest BCUT2D eigenvalue weighted by molar-refractivity contribution is 5.99. The second kappa shape index (κ2) is 42.4. The number of rotatable bonds is 45. The largest absolute Gasteiger partial charge is 0.508 e. The number of nitrogens with two attached hydrogens (primary N) is 3. The Balaban J connectivity index is 1.37. The van der Waals surface area contributed by atoms with Crippen LogP contribution < -0.4 is 70.4 Å². The summed E-state index contributed by atoms with van der Waals surface area (Å²) in [5, 5.41) is 55.7. The Labute approximate surface area is 602 Å². The minimum atomic E-state index is -1.65. The van der Waals surface area contributed by atoms with Crippen molar-refractivity contribution >= 4 is 76.9 Å². The monoisotopic (exact) mass is 1450 g/mol. The molecule has 5 rings (SSSR count). The molecule has 2 aromatic heterocycles. The molecule has 33 heteroatoms. The molecule has 2 heterocycles. The number of benzene rings is 3. The Hall–Kier alpha value is -11.1. The summed E-state index contributed by atoms with van der Waals surface area (Å²) < 4.78 is 0. The van der Waals surface area contributed by atoms with Crippen molar-refractivity contribution < 1.29 is 77.6 Å². The fourth-order valence-electron chi connectivity index (χ4n) is 11.0. The van der Waals surface area contributed by atoms with E-state index in [4.69, 9.17) is 17.2 Å². The van der Waals surface area contributed by atoms with Gasteiger partial charge in [0.1, 0.15) is 66.2 Å². The number of phenolic OH excluding ortho intramolecular Hbond substituents is 1. The van der Waals surface area contributed by atoms with Crippen LogP contribution in [-0.2, 0) is 94.4 Å². The topological polar surface area (TPSA) is 538 Å². The predicted molar refractivity (Wildman–Crippen MR) is 379 cm³/mol. The molecule has 3 aromatic carbocycles. The Morgan fingerprint density at radius 1 is 0.423 bits per heavy atom. The summed E-state index contributed by atoms with van der Waals surface area (Å²) in [6.07, 6.45) is 3.19. The molecule has 11 unspecified atom stereocenters. The highest BCUT2D eigenvalue weighted by atomic mass is 16.4. The van der Waals surface area contributed by atoms with Crippen LogP contribution in [-0.4, -0.2) is 185 Å². The molecule has 0 spiro atoms. The minimum absolute atomic E-state index is 0.00518. The van der Waals surface area contributed by atoms with Gasteiger partial charge in [-0.3, -0.25) is 57.5 Å². The van der Waals surface area contributed by atoms with Crippen LogP contribution in [0.1, 0.15) is 121 Å². The van der Waals surface area contributed by atoms with Crippen molar-refractivity contribution in [2.75, 3.05) is 6.54 Å². The lowest BCUT2D eigenvalue weighted by Gasteiger charge is -2.29. The lowest BCUT2D eigenvalue weighted by atomic mass is 9.98. The molecule has 0 aliphatic carbocycles. The van der Waals surface area contributed by atoms with E-state index in [1.807, 2.05) is 0 Å². The summed E-state index contributed by atoms with van der Waals surface area (Å²) in [5.41, 5.74) is 20.1. The average Bonchev–Trinajstić information content (AvgIpc) is 0.957. The normalized spacial score (nSPS) is 14.4. The van der Waals surface area contributed by atoms with E-state index in [0.29, 0.717) is 34.5 Å². The molecule has 0 aliphatic rings. The standard InChI is InChI=1S/C71H99N17O16/c1-39(2)29-52(68(100)88-60(41(5)6)69(101)84-53(31-42-15-9-7-10-16-42)65(97)86-56(71(103)104)32-43-17-11-8-12-18-43)82-62(94)49(19-13-14-28-72)80-63(95)50(24-26-57(74)90)81-66(98)54(33-45-35-75-37-77-45)83-67(99)55(34-46-36-76-38-78-46)85-70(102)59(40(3)4)87-64(96)51(25-27-58(91)92)79-61(93)48(73)30-44-20-22-47(89)23-21-44/h7-12,15-18,20-23,35-41,48-56,59-60,89H,13-14,19,24-34,72-73H2,1-6H3,(H2,74,90)(H,75,77)(H,76,78)(H,79,93)(H,80,95)(H,81,98)(H,82,94)(H,83,99)(H,84,101)(H,85,102)(H,86,97)(H,87,96)(H,88,100)(H,91,92)(H,103,104). The van der Waals surface area contributed by atoms with Gasteiger partial charge < -0.3 is 95.7 Å². The van der Waals surface area contributed by atoms with Crippen LogP contribution >= 0.6 is 0 Å². The number of carbonyl (C=O) groups is 13. The number of primary amides is 1. The predicted octanol–water partition coefficient (Wildman–Crippen LogP) is -0.771. The number of amides is 11. The van der Waals surface area contributed by atoms with E-state index in [-0.39, 0.29) is 69.6 Å². The molecule has 11 atom stereocenters. The van der Waals surface area contributed by atoms with Gasteiger partial charge in [-0.1, -0.05) is 114 Å². The van der Waals surface area contributed by atoms with Gasteiger partial charge in [-0.2, -0.15) is 0 Å². The first-order valence-corrected chi connectivity index (χ1v) is 34.4. The number of carboxylic acids is 2. The first kappa shape index (κ1) is 83.6. The van der Waals surface area contributed by atoms with Crippen molar-refractivity contribution in [3.63, 3.8) is 0 Å². The molecule has 0 radical (unpaired) electrons. The van der Waals surface area contributed by atoms with Crippen molar-refractivity contribution in [3.8, 4) is 5.75 Å². The lowest BCUT2D eigenvalue weighted by molar-refractivity contribution is -0.142. The maximum atomic E-state index is 14.8. The number of phenols is 1. The number of unbranched alkanes of at least 4 members (excludes halogenated alkanes) is 1. The Morgan fingerprint density at radius 2 is 0.798 bits per heavy atom. The highest BCUT2D eigenvalue weighted by Gasteiger charge is 2.38. The number of aromatic nitrogens is 4. The zero-order valence-electron chi connectivity index (χ0n) is 59.2. The van der Waals surface area contributed by atoms with Crippen molar-refractivity contribution in [3.05, 3.63) is 138 Å². The number of hydrogen-bond acceptors (Lipinski definition) is 18. The van der Waals surface area contributed by atoms with Crippen LogP contribution in [0.25, 0.3) is 0 Å². The van der Waals surface area contributed by atoms with E-state index in [0.717, 1.165) is 0 Å². The van der Waals surface area contributed by atoms with Gasteiger partial charge >= 0.3 is 11.9 Å². The van der Waals surface area contributed by atoms with E-state index in [1.165, 1.54) is 37.2 Å². The van der Waals surface area contributed by atoms with E-state index < -0.39 is 181 Å². The van der Waals surface area contributed by atoms with Crippen LogP contribution in [0.2, 0.25) is 0 Å². The fraction of sp³-hybridized carbons (Fsp3) is 0.479. The maximum Gasteiger partial charge on any atom is 0.326 e. The third-order valence-electron chi connectivity index (χ3n) is 16.8. The van der Waals surface area contributed by atoms with Crippen LogP contribution in [0, 0.1) is 17.8 Å². The second-order valence-corrected chi connectivity index (χ2v) is 26.6. The molecule has 0 saturated heterocycles. The Kier molecular flexibility index (Phi) is 34.0. The second-order valence-electron chi connectivity index (χ2n) is 26.6. The fourth-order valence-corrected chi connectivity index (χ4v) is 11.0. The van der Waals surface area contributed by atoms with Gasteiger partial charge in [0, 0.05) is 62.3 Å². The lowest BCUT2D eigenvalue weighted by Crippen LogP contribution is -2.62. The van der Waals surface area contributed by atoms with E-state index in [2.05, 4.69) is 73.1 Å². The SMILES string of the molecule is CC(C)CC(NC(=O)C(CCCCN)NC(=O)C(CCC(N)=O)NC(=O)C(Cc1cnc[nH]1)NC(=O)C(Cc1cnc[nH]1)NC(=O)C(NC(=O)C(CCC(=O)O)NC(=O)C(N)Cc1ccc(O)cc1)C(C)C)C(=O)NC(C(=O)NC(Cc1ccccc1)C(=O)NC(Cc1ccccc1)C(=O)O)C(C)C. The number of carboxylic acid groups (broad SMARTS) is 2. The molecule has 0 fully saturated rings.